The molecule has 7 heteroatoms. The van der Waals surface area contributed by atoms with Gasteiger partial charge in [0.25, 0.3) is 0 Å². The minimum atomic E-state index is -0.890. The van der Waals surface area contributed by atoms with E-state index in [2.05, 4.69) is 17.6 Å². The number of ether oxygens (including phenoxy) is 1. The molecule has 40 heavy (non-hydrogen) atoms. The van der Waals surface area contributed by atoms with Crippen molar-refractivity contribution in [3.63, 3.8) is 0 Å². The molecule has 1 aliphatic carbocycles. The highest BCUT2D eigenvalue weighted by Gasteiger charge is 2.42. The van der Waals surface area contributed by atoms with Crippen molar-refractivity contribution >= 4 is 17.9 Å². The van der Waals surface area contributed by atoms with Crippen LogP contribution in [0.4, 0.5) is 4.79 Å². The molecule has 0 radical (unpaired) electrons. The van der Waals surface area contributed by atoms with Crippen LogP contribution in [0.2, 0.25) is 0 Å². The Bertz CT molecular complexity index is 1140. The third kappa shape index (κ3) is 8.57. The molecule has 2 unspecified atom stereocenters. The van der Waals surface area contributed by atoms with Crippen LogP contribution in [0, 0.1) is 13.8 Å². The number of hydrogen-bond acceptors (Lipinski definition) is 4. The Morgan fingerprint density at radius 3 is 2.30 bits per heavy atom. The fourth-order valence-corrected chi connectivity index (χ4v) is 5.03. The average Bonchev–Trinajstić information content (AvgIpc) is 2.86. The van der Waals surface area contributed by atoms with Gasteiger partial charge in [-0.25, -0.2) is 4.79 Å². The van der Waals surface area contributed by atoms with Crippen molar-refractivity contribution in [2.45, 2.75) is 110 Å². The van der Waals surface area contributed by atoms with Crippen molar-refractivity contribution in [1.82, 2.24) is 15.5 Å². The second-order valence-corrected chi connectivity index (χ2v) is 11.9. The summed E-state index contributed by atoms with van der Waals surface area (Å²) in [6, 6.07) is 13.8. The van der Waals surface area contributed by atoms with Gasteiger partial charge in [-0.2, -0.15) is 0 Å². The summed E-state index contributed by atoms with van der Waals surface area (Å²) in [6.07, 6.45) is 5.24. The van der Waals surface area contributed by atoms with Crippen LogP contribution in [0.25, 0.3) is 0 Å². The zero-order valence-electron chi connectivity index (χ0n) is 25.1. The van der Waals surface area contributed by atoms with Gasteiger partial charge in [0.1, 0.15) is 17.7 Å². The molecular formula is C33H47N3O4. The van der Waals surface area contributed by atoms with Crippen LogP contribution >= 0.6 is 0 Å². The Hall–Kier alpha value is -3.35. The molecule has 0 bridgehead atoms. The van der Waals surface area contributed by atoms with Gasteiger partial charge in [0, 0.05) is 19.0 Å². The highest BCUT2D eigenvalue weighted by atomic mass is 16.6. The Morgan fingerprint density at radius 1 is 1.00 bits per heavy atom. The number of unbranched alkanes of at least 4 members (excludes halogenated alkanes) is 2. The first-order valence-electron chi connectivity index (χ1n) is 14.7. The van der Waals surface area contributed by atoms with Crippen LogP contribution in [0.15, 0.2) is 48.5 Å². The lowest BCUT2D eigenvalue weighted by atomic mass is 9.86. The maximum absolute atomic E-state index is 14.6. The van der Waals surface area contributed by atoms with Crippen LogP contribution in [-0.4, -0.2) is 47.0 Å². The van der Waals surface area contributed by atoms with Gasteiger partial charge in [-0.1, -0.05) is 68.3 Å². The number of rotatable bonds is 12. The van der Waals surface area contributed by atoms with Gasteiger partial charge in [-0.15, -0.1) is 0 Å². The minimum absolute atomic E-state index is 0.0856. The summed E-state index contributed by atoms with van der Waals surface area (Å²) < 4.78 is 5.54. The number of nitrogens with zero attached hydrogens (tertiary/aromatic N) is 1. The molecule has 0 saturated heterocycles. The Kier molecular flexibility index (Phi) is 11.2. The summed E-state index contributed by atoms with van der Waals surface area (Å²) in [5.41, 5.74) is 3.09. The standard InChI is InChI=1S/C33H47N3O4/c1-7-8-12-21-34-30(37)29(27-20-13-15-23(2)24(27)3)36(26-18-14-19-26)31(38)28(22-25-16-10-9-11-17-25)35-32(39)40-33(4,5)6/h9-11,13,15-17,20,26,28-29H,7-8,12,14,18-19,21-22H2,1-6H3,(H,34,37)(H,35,39). The molecular weight excluding hydrogens is 502 g/mol. The molecule has 7 nitrogen and oxygen atoms in total. The molecule has 0 heterocycles. The summed E-state index contributed by atoms with van der Waals surface area (Å²) >= 11 is 0. The van der Waals surface area contributed by atoms with Gasteiger partial charge in [0.2, 0.25) is 11.8 Å². The average molecular weight is 550 g/mol. The molecule has 0 aromatic heterocycles. The second kappa shape index (κ2) is 14.3. The Morgan fingerprint density at radius 2 is 1.70 bits per heavy atom. The lowest BCUT2D eigenvalue weighted by molar-refractivity contribution is -0.147. The monoisotopic (exact) mass is 549 g/mol. The lowest BCUT2D eigenvalue weighted by Gasteiger charge is -2.44. The van der Waals surface area contributed by atoms with Gasteiger partial charge >= 0.3 is 6.09 Å². The zero-order chi connectivity index (χ0) is 29.3. The van der Waals surface area contributed by atoms with E-state index in [9.17, 15) is 14.4 Å². The van der Waals surface area contributed by atoms with E-state index in [4.69, 9.17) is 4.74 Å². The van der Waals surface area contributed by atoms with Crippen molar-refractivity contribution in [3.8, 4) is 0 Å². The molecule has 2 aromatic rings. The van der Waals surface area contributed by atoms with Crippen molar-refractivity contribution in [2.24, 2.45) is 0 Å². The summed E-state index contributed by atoms with van der Waals surface area (Å²) in [5, 5.41) is 5.97. The molecule has 1 saturated carbocycles. The third-order valence-electron chi connectivity index (χ3n) is 7.54. The summed E-state index contributed by atoms with van der Waals surface area (Å²) in [6.45, 7) is 12.1. The predicted octanol–water partition coefficient (Wildman–Crippen LogP) is 6.17. The number of nitrogens with one attached hydrogen (secondary N) is 2. The first-order valence-corrected chi connectivity index (χ1v) is 14.7. The second-order valence-electron chi connectivity index (χ2n) is 11.9. The maximum Gasteiger partial charge on any atom is 0.408 e. The molecule has 3 amide bonds. The summed E-state index contributed by atoms with van der Waals surface area (Å²) in [5.74, 6) is -0.449. The van der Waals surface area contributed by atoms with Crippen LogP contribution in [0.5, 0.6) is 0 Å². The van der Waals surface area contributed by atoms with E-state index in [0.717, 1.165) is 60.8 Å². The van der Waals surface area contributed by atoms with E-state index in [0.29, 0.717) is 13.0 Å². The number of hydrogen-bond donors (Lipinski definition) is 2. The molecule has 2 atom stereocenters. The smallest absolute Gasteiger partial charge is 0.408 e. The van der Waals surface area contributed by atoms with Crippen LogP contribution < -0.4 is 10.6 Å². The molecule has 218 valence electrons. The predicted molar refractivity (Wildman–Crippen MR) is 159 cm³/mol. The first kappa shape index (κ1) is 31.2. The maximum atomic E-state index is 14.6. The molecule has 2 N–H and O–H groups in total. The van der Waals surface area contributed by atoms with Crippen LogP contribution in [-0.2, 0) is 20.7 Å². The molecule has 0 spiro atoms. The summed E-state index contributed by atoms with van der Waals surface area (Å²) in [7, 11) is 0. The van der Waals surface area contributed by atoms with Crippen molar-refractivity contribution < 1.29 is 19.1 Å². The van der Waals surface area contributed by atoms with Crippen molar-refractivity contribution in [3.05, 3.63) is 70.8 Å². The SMILES string of the molecule is CCCCCNC(=O)C(c1cccc(C)c1C)N(C(=O)C(Cc1ccccc1)NC(=O)OC(C)(C)C)C1CCC1. The topological polar surface area (TPSA) is 87.7 Å². The van der Waals surface area contributed by atoms with Crippen LogP contribution in [0.1, 0.15) is 94.5 Å². The molecule has 0 aliphatic heterocycles. The molecule has 2 aromatic carbocycles. The minimum Gasteiger partial charge on any atom is -0.444 e. The van der Waals surface area contributed by atoms with E-state index in [-0.39, 0.29) is 17.9 Å². The molecule has 1 aliphatic rings. The number of alkyl carbamates (subject to hydrolysis) is 1. The van der Waals surface area contributed by atoms with Crippen LogP contribution in [0.3, 0.4) is 0 Å². The van der Waals surface area contributed by atoms with E-state index in [1.54, 1.807) is 25.7 Å². The molecule has 1 fully saturated rings. The van der Waals surface area contributed by atoms with E-state index in [1.165, 1.54) is 0 Å². The highest BCUT2D eigenvalue weighted by molar-refractivity contribution is 5.93. The summed E-state index contributed by atoms with van der Waals surface area (Å²) in [4.78, 5) is 43.2. The Balaban J connectivity index is 2.03. The fraction of sp³-hybridized carbons (Fsp3) is 0.545. The third-order valence-corrected chi connectivity index (χ3v) is 7.54. The van der Waals surface area contributed by atoms with E-state index in [1.807, 2.05) is 62.4 Å². The molecule has 3 rings (SSSR count). The Labute approximate surface area is 240 Å². The van der Waals surface area contributed by atoms with E-state index < -0.39 is 23.8 Å². The quantitative estimate of drug-likeness (QED) is 0.310. The van der Waals surface area contributed by atoms with Gasteiger partial charge in [-0.05, 0) is 82.6 Å². The lowest BCUT2D eigenvalue weighted by Crippen LogP contribution is -2.58. The fourth-order valence-electron chi connectivity index (χ4n) is 5.03. The number of amides is 3. The van der Waals surface area contributed by atoms with Crippen molar-refractivity contribution in [1.29, 1.82) is 0 Å². The number of aryl methyl sites for hydroxylation is 1. The van der Waals surface area contributed by atoms with Gasteiger partial charge in [-0.3, -0.25) is 9.59 Å². The van der Waals surface area contributed by atoms with Gasteiger partial charge in [0.05, 0.1) is 0 Å². The number of carbonyl (C=O) groups excluding carboxylic acids is 3. The largest absolute Gasteiger partial charge is 0.444 e. The van der Waals surface area contributed by atoms with Gasteiger partial charge < -0.3 is 20.3 Å². The van der Waals surface area contributed by atoms with E-state index >= 15 is 0 Å². The number of benzene rings is 2. The van der Waals surface area contributed by atoms with Crippen molar-refractivity contribution in [2.75, 3.05) is 6.54 Å². The van der Waals surface area contributed by atoms with Gasteiger partial charge in [0.15, 0.2) is 0 Å². The zero-order valence-corrected chi connectivity index (χ0v) is 25.1. The normalized spacial score (nSPS) is 14.9. The first-order chi connectivity index (χ1) is 19.0. The number of carbonyl (C=O) groups is 3. The highest BCUT2D eigenvalue weighted by Crippen LogP contribution is 2.35.